The molecule has 8 heteroatoms. The first-order valence-electron chi connectivity index (χ1n) is 9.98. The average Bonchev–Trinajstić information content (AvgIpc) is 2.76. The van der Waals surface area contributed by atoms with Crippen LogP contribution in [0.25, 0.3) is 0 Å². The van der Waals surface area contributed by atoms with Crippen molar-refractivity contribution in [1.29, 1.82) is 0 Å². The van der Waals surface area contributed by atoms with Gasteiger partial charge in [-0.25, -0.2) is 9.59 Å². The molecule has 0 saturated heterocycles. The van der Waals surface area contributed by atoms with E-state index in [9.17, 15) is 14.4 Å². The second-order valence-electron chi connectivity index (χ2n) is 7.51. The molecule has 0 heterocycles. The summed E-state index contributed by atoms with van der Waals surface area (Å²) in [4.78, 5) is 36.5. The number of carbonyl (C=O) groups is 3. The molecule has 0 fully saturated rings. The topological polar surface area (TPSA) is 122 Å². The van der Waals surface area contributed by atoms with E-state index in [1.807, 2.05) is 13.8 Å². The Balaban J connectivity index is 0.00000385. The van der Waals surface area contributed by atoms with E-state index in [1.165, 1.54) is 12.1 Å². The normalized spacial score (nSPS) is 11.1. The molecule has 172 valence electrons. The lowest BCUT2D eigenvalue weighted by molar-refractivity contribution is -0.119. The van der Waals surface area contributed by atoms with Gasteiger partial charge >= 0.3 is 11.9 Å². The van der Waals surface area contributed by atoms with Gasteiger partial charge in [-0.3, -0.25) is 4.79 Å². The van der Waals surface area contributed by atoms with Crippen LogP contribution in [0.1, 0.15) is 37.4 Å². The maximum Gasteiger partial charge on any atom is 0.343 e. The number of primary amides is 1. The Morgan fingerprint density at radius 3 is 1.67 bits per heavy atom. The molecule has 0 aliphatic rings. The van der Waals surface area contributed by atoms with Crippen molar-refractivity contribution in [2.45, 2.75) is 26.3 Å². The first-order chi connectivity index (χ1) is 15.2. The van der Waals surface area contributed by atoms with Gasteiger partial charge in [0.2, 0.25) is 5.91 Å². The van der Waals surface area contributed by atoms with Crippen LogP contribution in [0.15, 0.2) is 66.7 Å². The maximum atomic E-state index is 12.7. The summed E-state index contributed by atoms with van der Waals surface area (Å²) in [5.41, 5.74) is 14.3. The Kier molecular flexibility index (Phi) is 8.73. The summed E-state index contributed by atoms with van der Waals surface area (Å²) in [7, 11) is 0. The highest BCUT2D eigenvalue weighted by molar-refractivity contribution is 5.93. The van der Waals surface area contributed by atoms with Crippen molar-refractivity contribution < 1.29 is 23.9 Å². The third-order valence-corrected chi connectivity index (χ3v) is 4.81. The van der Waals surface area contributed by atoms with Gasteiger partial charge in [0.1, 0.15) is 0 Å². The summed E-state index contributed by atoms with van der Waals surface area (Å²) >= 11 is 0. The van der Waals surface area contributed by atoms with Gasteiger partial charge in [-0.05, 0) is 62.2 Å². The van der Waals surface area contributed by atoms with Gasteiger partial charge in [0.25, 0.3) is 0 Å². The van der Waals surface area contributed by atoms with Gasteiger partial charge in [-0.2, -0.15) is 0 Å². The molecule has 1 amide bonds. The van der Waals surface area contributed by atoms with E-state index in [0.29, 0.717) is 16.7 Å². The molecule has 4 N–H and O–H groups in total. The fourth-order valence-electron chi connectivity index (χ4n) is 2.89. The van der Waals surface area contributed by atoms with Crippen molar-refractivity contribution in [2.75, 3.05) is 0 Å². The number of amides is 1. The standard InChI is InChI=1S/C25H24N2O5.ClH/c1-15-3-8-18(9-4-15)24(29)31-21-12-7-17(13-20(26)23(27)28)14-22(21)32-25(30)19-10-5-16(2)6-11-19;/h3-12,14,20H,13,26H2,1-2H3,(H2,27,28);1H. The van der Waals surface area contributed by atoms with Crippen molar-refractivity contribution in [3.05, 3.63) is 94.5 Å². The minimum atomic E-state index is -0.906. The van der Waals surface area contributed by atoms with Crippen molar-refractivity contribution >= 4 is 30.3 Å². The molecule has 7 nitrogen and oxygen atoms in total. The Hall–Kier alpha value is -3.68. The molecular formula is C25H25ClN2O5. The number of esters is 2. The second kappa shape index (κ2) is 11.3. The number of benzene rings is 3. The summed E-state index contributed by atoms with van der Waals surface area (Å²) in [5, 5.41) is 0. The minimum absolute atomic E-state index is 0. The largest absolute Gasteiger partial charge is 0.419 e. The van der Waals surface area contributed by atoms with Gasteiger partial charge in [0, 0.05) is 0 Å². The van der Waals surface area contributed by atoms with Crippen LogP contribution in [0, 0.1) is 13.8 Å². The Morgan fingerprint density at radius 1 is 0.758 bits per heavy atom. The average molecular weight is 469 g/mol. The minimum Gasteiger partial charge on any atom is -0.419 e. The molecule has 3 aromatic rings. The number of aryl methyl sites for hydroxylation is 2. The molecule has 0 radical (unpaired) electrons. The zero-order valence-corrected chi connectivity index (χ0v) is 19.1. The van der Waals surface area contributed by atoms with Gasteiger partial charge in [0.15, 0.2) is 11.5 Å². The molecule has 0 aliphatic carbocycles. The van der Waals surface area contributed by atoms with E-state index in [2.05, 4.69) is 0 Å². The number of hydrogen-bond acceptors (Lipinski definition) is 6. The lowest BCUT2D eigenvalue weighted by Gasteiger charge is -2.14. The van der Waals surface area contributed by atoms with E-state index in [0.717, 1.165) is 11.1 Å². The van der Waals surface area contributed by atoms with Gasteiger partial charge < -0.3 is 20.9 Å². The molecule has 0 aliphatic heterocycles. The number of carbonyl (C=O) groups excluding carboxylic acids is 3. The van der Waals surface area contributed by atoms with Gasteiger partial charge in [-0.15, -0.1) is 12.4 Å². The van der Waals surface area contributed by atoms with E-state index >= 15 is 0 Å². The van der Waals surface area contributed by atoms with E-state index in [-0.39, 0.29) is 30.3 Å². The van der Waals surface area contributed by atoms with E-state index in [1.54, 1.807) is 54.6 Å². The Morgan fingerprint density at radius 2 is 1.21 bits per heavy atom. The first-order valence-corrected chi connectivity index (χ1v) is 9.98. The number of halogens is 1. The highest BCUT2D eigenvalue weighted by Crippen LogP contribution is 2.30. The summed E-state index contributed by atoms with van der Waals surface area (Å²) in [6.07, 6.45) is 0.136. The highest BCUT2D eigenvalue weighted by Gasteiger charge is 2.19. The molecule has 1 atom stereocenters. The number of hydrogen-bond donors (Lipinski definition) is 2. The predicted octanol–water partition coefficient (Wildman–Crippen LogP) is 3.52. The lowest BCUT2D eigenvalue weighted by atomic mass is 10.1. The van der Waals surface area contributed by atoms with Crippen molar-refractivity contribution in [3.8, 4) is 11.5 Å². The van der Waals surface area contributed by atoms with Crippen molar-refractivity contribution in [3.63, 3.8) is 0 Å². The molecule has 33 heavy (non-hydrogen) atoms. The third kappa shape index (κ3) is 6.90. The summed E-state index contributed by atoms with van der Waals surface area (Å²) in [6.45, 7) is 3.82. The van der Waals surface area contributed by atoms with Crippen LogP contribution >= 0.6 is 12.4 Å². The van der Waals surface area contributed by atoms with Crippen LogP contribution in [0.4, 0.5) is 0 Å². The van der Waals surface area contributed by atoms with Crippen LogP contribution in [-0.2, 0) is 11.2 Å². The first kappa shape index (κ1) is 25.6. The monoisotopic (exact) mass is 468 g/mol. The van der Waals surface area contributed by atoms with E-state index < -0.39 is 23.9 Å². The Bertz CT molecular complexity index is 1140. The lowest BCUT2D eigenvalue weighted by Crippen LogP contribution is -2.38. The van der Waals surface area contributed by atoms with Crippen molar-refractivity contribution in [2.24, 2.45) is 11.5 Å². The number of ether oxygens (including phenoxy) is 2. The van der Waals surface area contributed by atoms with Crippen molar-refractivity contribution in [1.82, 2.24) is 0 Å². The molecule has 3 rings (SSSR count). The van der Waals surface area contributed by atoms with Crippen LogP contribution in [0.3, 0.4) is 0 Å². The predicted molar refractivity (Wildman–Crippen MR) is 127 cm³/mol. The van der Waals surface area contributed by atoms with Gasteiger partial charge in [0.05, 0.1) is 17.2 Å². The molecular weight excluding hydrogens is 444 g/mol. The Labute approximate surface area is 198 Å². The SMILES string of the molecule is Cc1ccc(C(=O)Oc2ccc(CC(N)C(N)=O)cc2OC(=O)c2ccc(C)cc2)cc1.Cl. The second-order valence-corrected chi connectivity index (χ2v) is 7.51. The third-order valence-electron chi connectivity index (χ3n) is 4.81. The van der Waals surface area contributed by atoms with Crippen LogP contribution in [0.2, 0.25) is 0 Å². The molecule has 1 unspecified atom stereocenters. The van der Waals surface area contributed by atoms with Crippen LogP contribution in [0.5, 0.6) is 11.5 Å². The van der Waals surface area contributed by atoms with Crippen LogP contribution in [-0.4, -0.2) is 23.9 Å². The molecule has 0 aromatic heterocycles. The summed E-state index contributed by atoms with van der Waals surface area (Å²) < 4.78 is 11.0. The fourth-order valence-corrected chi connectivity index (χ4v) is 2.89. The zero-order chi connectivity index (χ0) is 23.3. The number of nitrogens with two attached hydrogens (primary N) is 2. The summed E-state index contributed by atoms with van der Waals surface area (Å²) in [5.74, 6) is -1.77. The molecule has 3 aromatic carbocycles. The molecule has 0 saturated carbocycles. The van der Waals surface area contributed by atoms with Gasteiger partial charge in [-0.1, -0.05) is 41.5 Å². The fraction of sp³-hybridized carbons (Fsp3) is 0.160. The maximum absolute atomic E-state index is 12.7. The highest BCUT2D eigenvalue weighted by atomic mass is 35.5. The molecule has 0 spiro atoms. The summed E-state index contributed by atoms with van der Waals surface area (Å²) in [6, 6.07) is 17.5. The number of rotatable bonds is 7. The smallest absolute Gasteiger partial charge is 0.343 e. The molecule has 0 bridgehead atoms. The van der Waals surface area contributed by atoms with E-state index in [4.69, 9.17) is 20.9 Å². The van der Waals surface area contributed by atoms with Crippen LogP contribution < -0.4 is 20.9 Å². The quantitative estimate of drug-likeness (QED) is 0.404. The zero-order valence-electron chi connectivity index (χ0n) is 18.2.